The van der Waals surface area contributed by atoms with E-state index in [-0.39, 0.29) is 0 Å². The Balaban J connectivity index is 1.83. The zero-order valence-corrected chi connectivity index (χ0v) is 13.5. The monoisotopic (exact) mass is 324 g/mol. The lowest BCUT2D eigenvalue weighted by Gasteiger charge is -2.06. The fourth-order valence-corrected chi connectivity index (χ4v) is 3.09. The van der Waals surface area contributed by atoms with Crippen molar-refractivity contribution in [2.75, 3.05) is 0 Å². The Bertz CT molecular complexity index is 1120. The SMILES string of the molecule is O=C(O)C(=Cc1ccc2ccccc2c1)c1ccc2ccccc2c1. The normalized spacial score (nSPS) is 11.8. The Morgan fingerprint density at radius 3 is 1.88 bits per heavy atom. The Labute approximate surface area is 145 Å². The van der Waals surface area contributed by atoms with Gasteiger partial charge in [0.2, 0.25) is 0 Å². The summed E-state index contributed by atoms with van der Waals surface area (Å²) in [6.07, 6.45) is 1.74. The van der Waals surface area contributed by atoms with Crippen LogP contribution in [0.1, 0.15) is 11.1 Å². The molecule has 0 aromatic heterocycles. The summed E-state index contributed by atoms with van der Waals surface area (Å²) in [5, 5.41) is 14.1. The van der Waals surface area contributed by atoms with Gasteiger partial charge in [-0.1, -0.05) is 72.8 Å². The Kier molecular flexibility index (Phi) is 3.79. The number of fused-ring (bicyclic) bond motifs is 2. The Hall–Kier alpha value is -3.39. The molecular weight excluding hydrogens is 308 g/mol. The van der Waals surface area contributed by atoms with E-state index in [2.05, 4.69) is 0 Å². The summed E-state index contributed by atoms with van der Waals surface area (Å²) in [7, 11) is 0. The van der Waals surface area contributed by atoms with Crippen LogP contribution in [0.4, 0.5) is 0 Å². The quantitative estimate of drug-likeness (QED) is 0.392. The highest BCUT2D eigenvalue weighted by atomic mass is 16.4. The third-order valence-corrected chi connectivity index (χ3v) is 4.38. The Morgan fingerprint density at radius 1 is 0.680 bits per heavy atom. The van der Waals surface area contributed by atoms with Crippen molar-refractivity contribution < 1.29 is 9.90 Å². The molecule has 2 nitrogen and oxygen atoms in total. The average molecular weight is 324 g/mol. The van der Waals surface area contributed by atoms with E-state index in [0.717, 1.165) is 27.1 Å². The summed E-state index contributed by atoms with van der Waals surface area (Å²) in [6, 6.07) is 27.7. The largest absolute Gasteiger partial charge is 0.478 e. The molecule has 1 N–H and O–H groups in total. The molecule has 0 spiro atoms. The van der Waals surface area contributed by atoms with Crippen molar-refractivity contribution >= 4 is 39.2 Å². The Morgan fingerprint density at radius 2 is 1.24 bits per heavy atom. The van der Waals surface area contributed by atoms with Crippen LogP contribution in [0.2, 0.25) is 0 Å². The van der Waals surface area contributed by atoms with Gasteiger partial charge in [0.25, 0.3) is 0 Å². The van der Waals surface area contributed by atoms with Crippen LogP contribution in [0, 0.1) is 0 Å². The summed E-state index contributed by atoms with van der Waals surface area (Å²) in [6.45, 7) is 0. The second-order valence-electron chi connectivity index (χ2n) is 6.03. The molecule has 2 heteroatoms. The van der Waals surface area contributed by atoms with Gasteiger partial charge < -0.3 is 5.11 Å². The predicted molar refractivity (Wildman–Crippen MR) is 103 cm³/mol. The zero-order chi connectivity index (χ0) is 17.2. The third-order valence-electron chi connectivity index (χ3n) is 4.38. The number of carboxylic acid groups (broad SMARTS) is 1. The van der Waals surface area contributed by atoms with Crippen LogP contribution in [-0.2, 0) is 4.79 Å². The molecule has 4 aromatic rings. The number of hydrogen-bond donors (Lipinski definition) is 1. The maximum atomic E-state index is 11.8. The molecule has 4 aromatic carbocycles. The van der Waals surface area contributed by atoms with Crippen molar-refractivity contribution in [3.63, 3.8) is 0 Å². The lowest BCUT2D eigenvalue weighted by Crippen LogP contribution is -1.99. The summed E-state index contributed by atoms with van der Waals surface area (Å²) < 4.78 is 0. The lowest BCUT2D eigenvalue weighted by molar-refractivity contribution is -0.130. The fourth-order valence-electron chi connectivity index (χ4n) is 3.09. The topological polar surface area (TPSA) is 37.3 Å². The standard InChI is InChI=1S/C23H16O2/c24-23(25)22(21-12-11-18-6-2-4-8-20(18)15-21)14-16-9-10-17-5-1-3-7-19(17)13-16/h1-15H,(H,24,25). The molecular formula is C23H16O2. The summed E-state index contributed by atoms with van der Waals surface area (Å²) in [5.74, 6) is -0.927. The average Bonchev–Trinajstić information content (AvgIpc) is 2.65. The molecule has 0 bridgehead atoms. The van der Waals surface area contributed by atoms with E-state index >= 15 is 0 Å². The zero-order valence-electron chi connectivity index (χ0n) is 13.5. The molecule has 0 aliphatic rings. The number of aliphatic carboxylic acids is 1. The van der Waals surface area contributed by atoms with Crippen molar-refractivity contribution in [2.24, 2.45) is 0 Å². The van der Waals surface area contributed by atoms with Gasteiger partial charge in [-0.15, -0.1) is 0 Å². The van der Waals surface area contributed by atoms with Crippen molar-refractivity contribution in [2.45, 2.75) is 0 Å². The summed E-state index contributed by atoms with van der Waals surface area (Å²) in [5.41, 5.74) is 1.88. The van der Waals surface area contributed by atoms with E-state index in [9.17, 15) is 9.90 Å². The number of rotatable bonds is 3. The van der Waals surface area contributed by atoms with Crippen LogP contribution in [-0.4, -0.2) is 11.1 Å². The minimum Gasteiger partial charge on any atom is -0.478 e. The first-order valence-electron chi connectivity index (χ1n) is 8.14. The van der Waals surface area contributed by atoms with Gasteiger partial charge in [0.15, 0.2) is 0 Å². The van der Waals surface area contributed by atoms with E-state index in [4.69, 9.17) is 0 Å². The van der Waals surface area contributed by atoms with Gasteiger partial charge in [-0.2, -0.15) is 0 Å². The molecule has 0 atom stereocenters. The number of carbonyl (C=O) groups is 1. The van der Waals surface area contributed by atoms with Crippen molar-refractivity contribution in [3.05, 3.63) is 96.1 Å². The molecule has 0 fully saturated rings. The van der Waals surface area contributed by atoms with Crippen molar-refractivity contribution in [3.8, 4) is 0 Å². The van der Waals surface area contributed by atoms with E-state index in [0.29, 0.717) is 11.1 Å². The van der Waals surface area contributed by atoms with Crippen molar-refractivity contribution in [1.82, 2.24) is 0 Å². The molecule has 0 unspecified atom stereocenters. The summed E-state index contributed by atoms with van der Waals surface area (Å²) in [4.78, 5) is 11.8. The molecule has 0 amide bonds. The molecule has 4 rings (SSSR count). The van der Waals surface area contributed by atoms with Gasteiger partial charge in [0.1, 0.15) is 0 Å². The van der Waals surface area contributed by atoms with Gasteiger partial charge >= 0.3 is 5.97 Å². The van der Waals surface area contributed by atoms with Crippen LogP contribution in [0.3, 0.4) is 0 Å². The predicted octanol–water partition coefficient (Wildman–Crippen LogP) is 5.62. The minimum absolute atomic E-state index is 0.293. The second kappa shape index (κ2) is 6.25. The molecule has 120 valence electrons. The second-order valence-corrected chi connectivity index (χ2v) is 6.03. The fraction of sp³-hybridized carbons (Fsp3) is 0. The maximum Gasteiger partial charge on any atom is 0.336 e. The number of carboxylic acids is 1. The minimum atomic E-state index is -0.927. The van der Waals surface area contributed by atoms with E-state index in [1.807, 2.05) is 84.9 Å². The first-order valence-corrected chi connectivity index (χ1v) is 8.14. The van der Waals surface area contributed by atoms with Crippen LogP contribution in [0.15, 0.2) is 84.9 Å². The smallest absolute Gasteiger partial charge is 0.336 e. The van der Waals surface area contributed by atoms with Crippen LogP contribution in [0.5, 0.6) is 0 Å². The summed E-state index contributed by atoms with van der Waals surface area (Å²) >= 11 is 0. The van der Waals surface area contributed by atoms with Crippen molar-refractivity contribution in [1.29, 1.82) is 0 Å². The van der Waals surface area contributed by atoms with Gasteiger partial charge in [-0.3, -0.25) is 0 Å². The first kappa shape index (κ1) is 15.2. The highest BCUT2D eigenvalue weighted by molar-refractivity contribution is 6.21. The maximum absolute atomic E-state index is 11.8. The molecule has 0 radical (unpaired) electrons. The molecule has 0 heterocycles. The number of benzene rings is 4. The molecule has 0 saturated carbocycles. The van der Waals surface area contributed by atoms with Gasteiger partial charge in [0, 0.05) is 0 Å². The molecule has 0 aliphatic heterocycles. The first-order chi connectivity index (χ1) is 12.2. The lowest BCUT2D eigenvalue weighted by atomic mass is 9.98. The molecule has 0 saturated heterocycles. The van der Waals surface area contributed by atoms with E-state index in [1.54, 1.807) is 6.08 Å². The van der Waals surface area contributed by atoms with Crippen LogP contribution in [0.25, 0.3) is 33.2 Å². The van der Waals surface area contributed by atoms with Crippen LogP contribution >= 0.6 is 0 Å². The van der Waals surface area contributed by atoms with Gasteiger partial charge in [0.05, 0.1) is 5.57 Å². The highest BCUT2D eigenvalue weighted by Crippen LogP contribution is 2.25. The molecule has 25 heavy (non-hydrogen) atoms. The molecule has 0 aliphatic carbocycles. The highest BCUT2D eigenvalue weighted by Gasteiger charge is 2.11. The third kappa shape index (κ3) is 3.02. The van der Waals surface area contributed by atoms with Gasteiger partial charge in [-0.05, 0) is 50.9 Å². The number of hydrogen-bond acceptors (Lipinski definition) is 1. The van der Waals surface area contributed by atoms with Crippen LogP contribution < -0.4 is 0 Å². The van der Waals surface area contributed by atoms with E-state index in [1.165, 1.54) is 0 Å². The van der Waals surface area contributed by atoms with E-state index < -0.39 is 5.97 Å². The van der Waals surface area contributed by atoms with Gasteiger partial charge in [-0.25, -0.2) is 4.79 Å².